The molecule has 3 aromatic rings. The monoisotopic (exact) mass is 366 g/mol. The number of likely N-dealkylation sites (N-methyl/N-ethyl adjacent to an activating group) is 1. The summed E-state index contributed by atoms with van der Waals surface area (Å²) in [6, 6.07) is 16.5. The van der Waals surface area contributed by atoms with Crippen LogP contribution >= 0.6 is 0 Å². The molecule has 0 bridgehead atoms. The van der Waals surface area contributed by atoms with E-state index < -0.39 is 0 Å². The number of hydrogen-bond acceptors (Lipinski definition) is 4. The van der Waals surface area contributed by atoms with Crippen molar-refractivity contribution in [2.24, 2.45) is 0 Å². The third-order valence-electron chi connectivity index (χ3n) is 4.00. The Morgan fingerprint density at radius 1 is 1.11 bits per heavy atom. The maximum Gasteiger partial charge on any atom is 0.321 e. The van der Waals surface area contributed by atoms with Crippen LogP contribution < -0.4 is 14.8 Å². The number of benzene rings is 2. The van der Waals surface area contributed by atoms with Gasteiger partial charge in [0.05, 0.1) is 25.0 Å². The number of para-hydroxylation sites is 2. The van der Waals surface area contributed by atoms with E-state index in [1.807, 2.05) is 60.8 Å². The highest BCUT2D eigenvalue weighted by molar-refractivity contribution is 5.91. The van der Waals surface area contributed by atoms with Crippen molar-refractivity contribution >= 4 is 11.7 Å². The van der Waals surface area contributed by atoms with Crippen molar-refractivity contribution in [2.75, 3.05) is 32.6 Å². The fourth-order valence-corrected chi connectivity index (χ4v) is 2.47. The highest BCUT2D eigenvalue weighted by Gasteiger charge is 2.12. The zero-order chi connectivity index (χ0) is 19.1. The summed E-state index contributed by atoms with van der Waals surface area (Å²) < 4.78 is 12.5. The zero-order valence-corrected chi connectivity index (χ0v) is 15.3. The maximum absolute atomic E-state index is 12.5. The van der Waals surface area contributed by atoms with Gasteiger partial charge in [-0.3, -0.25) is 0 Å². The molecular weight excluding hydrogens is 344 g/mol. The second-order valence-corrected chi connectivity index (χ2v) is 5.84. The van der Waals surface area contributed by atoms with Crippen molar-refractivity contribution in [1.29, 1.82) is 0 Å². The first-order chi connectivity index (χ1) is 13.2. The van der Waals surface area contributed by atoms with Crippen molar-refractivity contribution in [3.63, 3.8) is 0 Å². The molecule has 0 aliphatic heterocycles. The average molecular weight is 366 g/mol. The molecule has 7 nitrogen and oxygen atoms in total. The summed E-state index contributed by atoms with van der Waals surface area (Å²) in [5.74, 6) is 1.50. The van der Waals surface area contributed by atoms with E-state index in [9.17, 15) is 4.79 Å². The van der Waals surface area contributed by atoms with Gasteiger partial charge < -0.3 is 19.7 Å². The Morgan fingerprint density at radius 2 is 1.85 bits per heavy atom. The molecule has 1 aromatic heterocycles. The van der Waals surface area contributed by atoms with Gasteiger partial charge in [0.1, 0.15) is 18.1 Å². The Morgan fingerprint density at radius 3 is 2.56 bits per heavy atom. The average Bonchev–Trinajstić information content (AvgIpc) is 3.23. The fourth-order valence-electron chi connectivity index (χ4n) is 2.47. The van der Waals surface area contributed by atoms with E-state index in [0.717, 1.165) is 17.2 Å². The van der Waals surface area contributed by atoms with E-state index in [1.165, 1.54) is 0 Å². The SMILES string of the molecule is COc1ccc(OCCN(C)C(=O)Nc2ccccc2-n2cccn2)cc1. The number of nitrogens with zero attached hydrogens (tertiary/aromatic N) is 3. The molecule has 2 amide bonds. The standard InChI is InChI=1S/C20H22N4O3/c1-23(14-15-27-17-10-8-16(26-2)9-11-17)20(25)22-18-6-3-4-7-19(18)24-13-5-12-21-24/h3-13H,14-15H2,1-2H3,(H,22,25). The number of carbonyl (C=O) groups is 1. The lowest BCUT2D eigenvalue weighted by molar-refractivity contribution is 0.207. The minimum Gasteiger partial charge on any atom is -0.497 e. The molecule has 0 unspecified atom stereocenters. The van der Waals surface area contributed by atoms with Crippen LogP contribution in [0, 0.1) is 0 Å². The molecule has 3 rings (SSSR count). The van der Waals surface area contributed by atoms with Crippen LogP contribution in [0.15, 0.2) is 67.0 Å². The van der Waals surface area contributed by atoms with Crippen LogP contribution in [-0.4, -0.2) is 48.0 Å². The summed E-state index contributed by atoms with van der Waals surface area (Å²) in [7, 11) is 3.34. The number of nitrogens with one attached hydrogen (secondary N) is 1. The molecule has 0 aliphatic carbocycles. The van der Waals surface area contributed by atoms with Gasteiger partial charge in [-0.1, -0.05) is 12.1 Å². The van der Waals surface area contributed by atoms with Crippen LogP contribution in [0.5, 0.6) is 11.5 Å². The minimum absolute atomic E-state index is 0.215. The Kier molecular flexibility index (Phi) is 5.94. The summed E-state index contributed by atoms with van der Waals surface area (Å²) >= 11 is 0. The van der Waals surface area contributed by atoms with Crippen LogP contribution in [0.2, 0.25) is 0 Å². The van der Waals surface area contributed by atoms with E-state index in [0.29, 0.717) is 18.8 Å². The topological polar surface area (TPSA) is 68.6 Å². The number of hydrogen-bond donors (Lipinski definition) is 1. The molecule has 0 fully saturated rings. The number of anilines is 1. The largest absolute Gasteiger partial charge is 0.497 e. The van der Waals surface area contributed by atoms with Crippen LogP contribution in [0.4, 0.5) is 10.5 Å². The van der Waals surface area contributed by atoms with Gasteiger partial charge in [-0.25, -0.2) is 9.48 Å². The summed E-state index contributed by atoms with van der Waals surface area (Å²) in [5.41, 5.74) is 1.49. The fraction of sp³-hybridized carbons (Fsp3) is 0.200. The highest BCUT2D eigenvalue weighted by Crippen LogP contribution is 2.19. The van der Waals surface area contributed by atoms with Gasteiger partial charge in [-0.2, -0.15) is 5.10 Å². The van der Waals surface area contributed by atoms with Crippen LogP contribution in [-0.2, 0) is 0 Å². The second kappa shape index (κ2) is 8.75. The van der Waals surface area contributed by atoms with Gasteiger partial charge in [-0.05, 0) is 42.5 Å². The van der Waals surface area contributed by atoms with Crippen molar-refractivity contribution in [1.82, 2.24) is 14.7 Å². The summed E-state index contributed by atoms with van der Waals surface area (Å²) in [5, 5.41) is 7.13. The quantitative estimate of drug-likeness (QED) is 0.696. The third-order valence-corrected chi connectivity index (χ3v) is 4.00. The third kappa shape index (κ3) is 4.78. The molecule has 0 radical (unpaired) electrons. The highest BCUT2D eigenvalue weighted by atomic mass is 16.5. The van der Waals surface area contributed by atoms with Gasteiger partial charge >= 0.3 is 6.03 Å². The van der Waals surface area contributed by atoms with Crippen LogP contribution in [0.1, 0.15) is 0 Å². The van der Waals surface area contributed by atoms with Crippen molar-refractivity contribution in [3.8, 4) is 17.2 Å². The number of carbonyl (C=O) groups excluding carboxylic acids is 1. The lowest BCUT2D eigenvalue weighted by Crippen LogP contribution is -2.34. The first-order valence-corrected chi connectivity index (χ1v) is 8.55. The molecule has 0 aliphatic rings. The maximum atomic E-state index is 12.5. The number of ether oxygens (including phenoxy) is 2. The molecule has 7 heteroatoms. The summed E-state index contributed by atoms with van der Waals surface area (Å²) in [4.78, 5) is 14.0. The van der Waals surface area contributed by atoms with Gasteiger partial charge in [0, 0.05) is 19.4 Å². The number of aromatic nitrogens is 2. The molecule has 2 aromatic carbocycles. The Bertz CT molecular complexity index is 863. The van der Waals surface area contributed by atoms with E-state index in [2.05, 4.69) is 10.4 Å². The molecule has 1 heterocycles. The van der Waals surface area contributed by atoms with Crippen molar-refractivity contribution in [3.05, 3.63) is 67.0 Å². The molecule has 140 valence electrons. The molecule has 27 heavy (non-hydrogen) atoms. The minimum atomic E-state index is -0.215. The van der Waals surface area contributed by atoms with Gasteiger partial charge in [0.15, 0.2) is 0 Å². The molecule has 0 saturated carbocycles. The van der Waals surface area contributed by atoms with Crippen LogP contribution in [0.3, 0.4) is 0 Å². The second-order valence-electron chi connectivity index (χ2n) is 5.84. The van der Waals surface area contributed by atoms with Crippen LogP contribution in [0.25, 0.3) is 5.69 Å². The van der Waals surface area contributed by atoms with E-state index in [-0.39, 0.29) is 6.03 Å². The Hall–Kier alpha value is -3.48. The van der Waals surface area contributed by atoms with Crippen molar-refractivity contribution in [2.45, 2.75) is 0 Å². The normalized spacial score (nSPS) is 10.3. The number of amides is 2. The van der Waals surface area contributed by atoms with Gasteiger partial charge in [0.2, 0.25) is 0 Å². The van der Waals surface area contributed by atoms with E-state index in [4.69, 9.17) is 9.47 Å². The first kappa shape index (κ1) is 18.3. The summed E-state index contributed by atoms with van der Waals surface area (Å²) in [6.45, 7) is 0.832. The first-order valence-electron chi connectivity index (χ1n) is 8.55. The molecule has 0 saturated heterocycles. The number of urea groups is 1. The predicted molar refractivity (Wildman–Crippen MR) is 104 cm³/mol. The zero-order valence-electron chi connectivity index (χ0n) is 15.3. The molecular formula is C20H22N4O3. The van der Waals surface area contributed by atoms with Gasteiger partial charge in [-0.15, -0.1) is 0 Å². The summed E-state index contributed by atoms with van der Waals surface area (Å²) in [6.07, 6.45) is 3.53. The van der Waals surface area contributed by atoms with Crippen molar-refractivity contribution < 1.29 is 14.3 Å². The van der Waals surface area contributed by atoms with E-state index >= 15 is 0 Å². The molecule has 1 N–H and O–H groups in total. The lowest BCUT2D eigenvalue weighted by Gasteiger charge is -2.19. The Labute approximate surface area is 158 Å². The predicted octanol–water partition coefficient (Wildman–Crippen LogP) is 3.42. The smallest absolute Gasteiger partial charge is 0.321 e. The molecule has 0 spiro atoms. The van der Waals surface area contributed by atoms with Gasteiger partial charge in [0.25, 0.3) is 0 Å². The number of methoxy groups -OCH3 is 1. The van der Waals surface area contributed by atoms with E-state index in [1.54, 1.807) is 29.9 Å². The number of rotatable bonds is 7. The molecule has 0 atom stereocenters. The lowest BCUT2D eigenvalue weighted by atomic mass is 10.2. The Balaban J connectivity index is 1.54.